The topological polar surface area (TPSA) is 91.8 Å². The van der Waals surface area contributed by atoms with Crippen molar-refractivity contribution >= 4 is 40.0 Å². The van der Waals surface area contributed by atoms with Crippen LogP contribution >= 0.6 is 24.0 Å². The molecule has 0 bridgehead atoms. The zero-order valence-corrected chi connectivity index (χ0v) is 22.6. The first-order valence-corrected chi connectivity index (χ1v) is 11.9. The number of rotatable bonds is 10. The molecule has 3 N–H and O–H groups in total. The number of halogens is 1. The fourth-order valence-corrected chi connectivity index (χ4v) is 3.57. The summed E-state index contributed by atoms with van der Waals surface area (Å²) in [5.41, 5.74) is 3.18. The molecule has 0 atom stereocenters. The number of hydrogen-bond acceptors (Lipinski definition) is 4. The SMILES string of the molecule is CN=C(NCc1ccc(S(=O)(=O)NC)cc1)NCc1ccc(C)cc1OCCC(C)C.I. The van der Waals surface area contributed by atoms with E-state index in [1.165, 1.54) is 7.05 Å². The van der Waals surface area contributed by atoms with E-state index < -0.39 is 10.0 Å². The van der Waals surface area contributed by atoms with Crippen molar-refractivity contribution in [3.8, 4) is 5.75 Å². The molecule has 2 aromatic carbocycles. The van der Waals surface area contributed by atoms with Gasteiger partial charge in [-0.25, -0.2) is 13.1 Å². The Labute approximate surface area is 209 Å². The first-order chi connectivity index (χ1) is 14.7. The maximum absolute atomic E-state index is 11.8. The average Bonchev–Trinajstić information content (AvgIpc) is 2.75. The number of benzene rings is 2. The van der Waals surface area contributed by atoms with E-state index in [4.69, 9.17) is 4.74 Å². The highest BCUT2D eigenvalue weighted by molar-refractivity contribution is 14.0. The van der Waals surface area contributed by atoms with Gasteiger partial charge in [-0.15, -0.1) is 24.0 Å². The Bertz CT molecular complexity index is 977. The molecule has 2 rings (SSSR count). The van der Waals surface area contributed by atoms with Crippen LogP contribution in [0.3, 0.4) is 0 Å². The Kier molecular flexibility index (Phi) is 12.0. The number of hydrogen-bond donors (Lipinski definition) is 3. The molecule has 32 heavy (non-hydrogen) atoms. The smallest absolute Gasteiger partial charge is 0.240 e. The molecule has 0 radical (unpaired) electrons. The van der Waals surface area contributed by atoms with Crippen LogP contribution in [0.4, 0.5) is 0 Å². The van der Waals surface area contributed by atoms with Crippen LogP contribution < -0.4 is 20.1 Å². The normalized spacial score (nSPS) is 11.8. The fourth-order valence-electron chi connectivity index (χ4n) is 2.84. The highest BCUT2D eigenvalue weighted by atomic mass is 127. The summed E-state index contributed by atoms with van der Waals surface area (Å²) in [5, 5.41) is 6.56. The number of nitrogens with zero attached hydrogens (tertiary/aromatic N) is 1. The standard InChI is InChI=1S/C23H34N4O3S.HI/c1-17(2)12-13-30-22-14-18(3)6-9-20(22)16-27-23(24-4)26-15-19-7-10-21(11-8-19)31(28,29)25-5;/h6-11,14,17,25H,12-13,15-16H2,1-5H3,(H2,24,26,27);1H. The van der Waals surface area contributed by atoms with E-state index in [1.54, 1.807) is 31.3 Å². The fraction of sp³-hybridized carbons (Fsp3) is 0.435. The molecule has 0 aliphatic rings. The predicted octanol–water partition coefficient (Wildman–Crippen LogP) is 3.81. The van der Waals surface area contributed by atoms with Gasteiger partial charge in [-0.05, 0) is 55.6 Å². The van der Waals surface area contributed by atoms with Crippen LogP contribution in [0.1, 0.15) is 37.0 Å². The van der Waals surface area contributed by atoms with Crippen molar-refractivity contribution in [1.29, 1.82) is 0 Å². The molecular weight excluding hydrogens is 539 g/mol. The minimum absolute atomic E-state index is 0. The van der Waals surface area contributed by atoms with Crippen molar-refractivity contribution in [2.75, 3.05) is 20.7 Å². The lowest BCUT2D eigenvalue weighted by Gasteiger charge is -2.16. The largest absolute Gasteiger partial charge is 0.493 e. The average molecular weight is 575 g/mol. The van der Waals surface area contributed by atoms with Crippen molar-refractivity contribution < 1.29 is 13.2 Å². The molecule has 2 aromatic rings. The molecule has 0 fully saturated rings. The lowest BCUT2D eigenvalue weighted by Crippen LogP contribution is -2.36. The third-order valence-corrected chi connectivity index (χ3v) is 6.24. The zero-order chi connectivity index (χ0) is 22.9. The van der Waals surface area contributed by atoms with Gasteiger partial charge in [-0.1, -0.05) is 38.1 Å². The van der Waals surface area contributed by atoms with E-state index >= 15 is 0 Å². The maximum Gasteiger partial charge on any atom is 0.240 e. The number of guanidine groups is 1. The number of ether oxygens (including phenoxy) is 1. The van der Waals surface area contributed by atoms with Gasteiger partial charge in [0.1, 0.15) is 5.75 Å². The van der Waals surface area contributed by atoms with Crippen LogP contribution in [0.25, 0.3) is 0 Å². The van der Waals surface area contributed by atoms with E-state index in [2.05, 4.69) is 59.3 Å². The summed E-state index contributed by atoms with van der Waals surface area (Å²) in [6.45, 7) is 8.22. The van der Waals surface area contributed by atoms with Gasteiger partial charge < -0.3 is 15.4 Å². The second kappa shape index (κ2) is 13.6. The molecular formula is C23H35IN4O3S. The number of aryl methyl sites for hydroxylation is 1. The van der Waals surface area contributed by atoms with Gasteiger partial charge in [-0.3, -0.25) is 4.99 Å². The van der Waals surface area contributed by atoms with Gasteiger partial charge >= 0.3 is 0 Å². The van der Waals surface area contributed by atoms with Gasteiger partial charge in [0.2, 0.25) is 10.0 Å². The molecule has 7 nitrogen and oxygen atoms in total. The van der Waals surface area contributed by atoms with Gasteiger partial charge in [0, 0.05) is 25.7 Å². The zero-order valence-electron chi connectivity index (χ0n) is 19.4. The monoisotopic (exact) mass is 574 g/mol. The summed E-state index contributed by atoms with van der Waals surface area (Å²) >= 11 is 0. The number of nitrogens with one attached hydrogen (secondary N) is 3. The van der Waals surface area contributed by atoms with Crippen LogP contribution in [0.2, 0.25) is 0 Å². The van der Waals surface area contributed by atoms with Crippen molar-refractivity contribution in [2.45, 2.75) is 45.2 Å². The first-order valence-electron chi connectivity index (χ1n) is 10.4. The van der Waals surface area contributed by atoms with Crippen LogP contribution in [0.5, 0.6) is 5.75 Å². The Balaban J connectivity index is 0.00000512. The third kappa shape index (κ3) is 8.95. The molecule has 0 heterocycles. The molecule has 0 saturated carbocycles. The molecule has 0 saturated heterocycles. The Hall–Kier alpha value is -1.85. The Morgan fingerprint density at radius 2 is 1.72 bits per heavy atom. The second-order valence-electron chi connectivity index (χ2n) is 7.77. The van der Waals surface area contributed by atoms with E-state index in [9.17, 15) is 8.42 Å². The third-order valence-electron chi connectivity index (χ3n) is 4.81. The Morgan fingerprint density at radius 1 is 1.06 bits per heavy atom. The summed E-state index contributed by atoms with van der Waals surface area (Å²) in [4.78, 5) is 4.51. The minimum Gasteiger partial charge on any atom is -0.493 e. The van der Waals surface area contributed by atoms with Crippen molar-refractivity contribution in [1.82, 2.24) is 15.4 Å². The molecule has 0 aliphatic heterocycles. The molecule has 0 aliphatic carbocycles. The van der Waals surface area contributed by atoms with Crippen LogP contribution in [0, 0.1) is 12.8 Å². The van der Waals surface area contributed by atoms with Gasteiger partial charge in [-0.2, -0.15) is 0 Å². The molecule has 0 unspecified atom stereocenters. The maximum atomic E-state index is 11.8. The number of aliphatic imine (C=N–C) groups is 1. The number of sulfonamides is 1. The molecule has 178 valence electrons. The molecule has 9 heteroatoms. The molecule has 0 aromatic heterocycles. The first kappa shape index (κ1) is 28.2. The summed E-state index contributed by atoms with van der Waals surface area (Å²) in [6, 6.07) is 13.0. The van der Waals surface area contributed by atoms with Crippen molar-refractivity contribution in [3.63, 3.8) is 0 Å². The lowest BCUT2D eigenvalue weighted by molar-refractivity contribution is 0.286. The summed E-state index contributed by atoms with van der Waals surface area (Å²) in [6.07, 6.45) is 1.01. The highest BCUT2D eigenvalue weighted by Gasteiger charge is 2.11. The summed E-state index contributed by atoms with van der Waals surface area (Å²) < 4.78 is 32.0. The molecule has 0 amide bonds. The van der Waals surface area contributed by atoms with E-state index in [1.807, 2.05) is 0 Å². The van der Waals surface area contributed by atoms with E-state index in [0.29, 0.717) is 31.6 Å². The van der Waals surface area contributed by atoms with Gasteiger partial charge in [0.15, 0.2) is 5.96 Å². The van der Waals surface area contributed by atoms with Crippen LogP contribution in [0.15, 0.2) is 52.4 Å². The van der Waals surface area contributed by atoms with Crippen molar-refractivity contribution in [3.05, 3.63) is 59.2 Å². The summed E-state index contributed by atoms with van der Waals surface area (Å²) in [5.74, 6) is 2.15. The van der Waals surface area contributed by atoms with Gasteiger partial charge in [0.25, 0.3) is 0 Å². The highest BCUT2D eigenvalue weighted by Crippen LogP contribution is 2.21. The van der Waals surface area contributed by atoms with Crippen LogP contribution in [-0.2, 0) is 23.1 Å². The predicted molar refractivity (Wildman–Crippen MR) is 141 cm³/mol. The Morgan fingerprint density at radius 3 is 2.31 bits per heavy atom. The second-order valence-corrected chi connectivity index (χ2v) is 9.66. The minimum atomic E-state index is -3.43. The lowest BCUT2D eigenvalue weighted by atomic mass is 10.1. The van der Waals surface area contributed by atoms with E-state index in [0.717, 1.165) is 28.9 Å². The van der Waals surface area contributed by atoms with Crippen molar-refractivity contribution in [2.24, 2.45) is 10.9 Å². The van der Waals surface area contributed by atoms with E-state index in [-0.39, 0.29) is 28.9 Å². The summed E-state index contributed by atoms with van der Waals surface area (Å²) in [7, 11) is -0.314. The molecule has 0 spiro atoms. The van der Waals surface area contributed by atoms with Crippen LogP contribution in [-0.4, -0.2) is 35.1 Å². The quantitative estimate of drug-likeness (QED) is 0.228. The van der Waals surface area contributed by atoms with Gasteiger partial charge in [0.05, 0.1) is 11.5 Å².